The molecule has 184 valence electrons. The number of H-pyrrole nitrogens is 1. The molecule has 4 aromatic rings. The largest absolute Gasteiger partial charge is 0.401 e. The van der Waals surface area contributed by atoms with Crippen molar-refractivity contribution in [1.82, 2.24) is 24.5 Å². The van der Waals surface area contributed by atoms with E-state index in [-0.39, 0.29) is 15.6 Å². The maximum atomic E-state index is 14.1. The summed E-state index contributed by atoms with van der Waals surface area (Å²) >= 11 is 12.5. The highest BCUT2D eigenvalue weighted by atomic mass is 35.5. The molecule has 1 aliphatic carbocycles. The molecule has 0 aliphatic heterocycles. The molecule has 8 nitrogen and oxygen atoms in total. The van der Waals surface area contributed by atoms with Crippen molar-refractivity contribution in [2.45, 2.75) is 57.3 Å². The first-order valence-electron chi connectivity index (χ1n) is 11.4. The van der Waals surface area contributed by atoms with Gasteiger partial charge in [0, 0.05) is 34.1 Å². The van der Waals surface area contributed by atoms with Crippen molar-refractivity contribution in [3.05, 3.63) is 68.7 Å². The molecule has 3 heterocycles. The highest BCUT2D eigenvalue weighted by Gasteiger charge is 2.31. The first-order valence-corrected chi connectivity index (χ1v) is 12.2. The van der Waals surface area contributed by atoms with Crippen molar-refractivity contribution in [1.29, 1.82) is 0 Å². The molecule has 1 fully saturated rings. The lowest BCUT2D eigenvalue weighted by molar-refractivity contribution is 0.0265. The van der Waals surface area contributed by atoms with Crippen LogP contribution >= 0.6 is 23.2 Å². The van der Waals surface area contributed by atoms with E-state index in [4.69, 9.17) is 28.0 Å². The summed E-state index contributed by atoms with van der Waals surface area (Å²) in [5, 5.41) is 15.2. The third-order valence-electron chi connectivity index (χ3n) is 6.46. The van der Waals surface area contributed by atoms with Crippen molar-refractivity contribution in [2.24, 2.45) is 0 Å². The van der Waals surface area contributed by atoms with Crippen LogP contribution in [0.15, 0.2) is 41.6 Å². The molecule has 1 atom stereocenters. The molecule has 35 heavy (non-hydrogen) atoms. The molecule has 3 aromatic heterocycles. The number of nitrogens with zero attached hydrogens (tertiary/aromatic N) is 4. The van der Waals surface area contributed by atoms with Gasteiger partial charge in [-0.1, -0.05) is 43.0 Å². The van der Waals surface area contributed by atoms with Gasteiger partial charge >= 0.3 is 5.69 Å². The van der Waals surface area contributed by atoms with Crippen molar-refractivity contribution in [3.8, 4) is 11.1 Å². The van der Waals surface area contributed by atoms with Crippen LogP contribution in [0.25, 0.3) is 22.3 Å². The maximum Gasteiger partial charge on any atom is 0.360 e. The van der Waals surface area contributed by atoms with Gasteiger partial charge in [-0.2, -0.15) is 5.10 Å². The zero-order valence-electron chi connectivity index (χ0n) is 19.0. The third-order valence-corrected chi connectivity index (χ3v) is 7.17. The Labute approximate surface area is 210 Å². The van der Waals surface area contributed by atoms with Crippen LogP contribution in [0.2, 0.25) is 10.0 Å². The molecule has 11 heteroatoms. The number of halogens is 3. The smallest absolute Gasteiger partial charge is 0.360 e. The fourth-order valence-corrected chi connectivity index (χ4v) is 5.23. The molecular formula is C24H24Cl2FN5O3. The third kappa shape index (κ3) is 4.55. The van der Waals surface area contributed by atoms with Crippen LogP contribution in [0.4, 0.5) is 4.39 Å². The Morgan fingerprint density at radius 3 is 2.77 bits per heavy atom. The average Bonchev–Trinajstić information content (AvgIpc) is 3.55. The monoisotopic (exact) mass is 519 g/mol. The number of pyridine rings is 1. The number of hydrogen-bond acceptors (Lipinski definition) is 5. The van der Waals surface area contributed by atoms with Gasteiger partial charge in [0.25, 0.3) is 0 Å². The van der Waals surface area contributed by atoms with Gasteiger partial charge in [0.2, 0.25) is 0 Å². The van der Waals surface area contributed by atoms with Crippen LogP contribution in [0.1, 0.15) is 50.7 Å². The summed E-state index contributed by atoms with van der Waals surface area (Å²) in [6, 6.07) is 4.34. The second kappa shape index (κ2) is 9.29. The van der Waals surface area contributed by atoms with Gasteiger partial charge in [-0.15, -0.1) is 4.73 Å². The standard InChI is InChI=1S/C24H24Cl2FN5O3/c1-2-19(20-16(25)5-6-17(27)21(20)26)35-32-18-9-14(10-28-22(18)30-23(32)33)15-11-29-31(12-15)13-24(34)7-3-4-8-24/h5-6,9-12,19,34H,2-4,7-8,13H2,1H3,(H,28,30,33). The molecule has 1 aliphatic rings. The Morgan fingerprint density at radius 1 is 1.26 bits per heavy atom. The van der Waals surface area contributed by atoms with Crippen LogP contribution in [0.3, 0.4) is 0 Å². The van der Waals surface area contributed by atoms with E-state index in [1.165, 1.54) is 12.1 Å². The first-order chi connectivity index (χ1) is 16.8. The van der Waals surface area contributed by atoms with Crippen molar-refractivity contribution < 1.29 is 14.3 Å². The number of hydrogen-bond donors (Lipinski definition) is 2. The quantitative estimate of drug-likeness (QED) is 0.337. The number of aromatic amines is 1. The van der Waals surface area contributed by atoms with Gasteiger partial charge in [-0.3, -0.25) is 9.67 Å². The molecule has 1 unspecified atom stereocenters. The van der Waals surface area contributed by atoms with E-state index in [0.717, 1.165) is 36.0 Å². The van der Waals surface area contributed by atoms with Gasteiger partial charge in [0.05, 0.1) is 23.4 Å². The highest BCUT2D eigenvalue weighted by molar-refractivity contribution is 6.36. The molecular weight excluding hydrogens is 496 g/mol. The molecule has 2 N–H and O–H groups in total. The van der Waals surface area contributed by atoms with Crippen LogP contribution in [0.5, 0.6) is 0 Å². The number of benzene rings is 1. The minimum Gasteiger partial charge on any atom is -0.401 e. The normalized spacial score (nSPS) is 16.1. The second-order valence-corrected chi connectivity index (χ2v) is 9.72. The lowest BCUT2D eigenvalue weighted by atomic mass is 10.0. The maximum absolute atomic E-state index is 14.1. The highest BCUT2D eigenvalue weighted by Crippen LogP contribution is 2.35. The Balaban J connectivity index is 1.48. The summed E-state index contributed by atoms with van der Waals surface area (Å²) in [4.78, 5) is 25.7. The van der Waals surface area contributed by atoms with Gasteiger partial charge in [-0.25, -0.2) is 14.2 Å². The minimum atomic E-state index is -0.777. The van der Waals surface area contributed by atoms with Crippen molar-refractivity contribution >= 4 is 34.4 Å². The lowest BCUT2D eigenvalue weighted by Crippen LogP contribution is -2.30. The average molecular weight is 520 g/mol. The van der Waals surface area contributed by atoms with Crippen molar-refractivity contribution in [2.75, 3.05) is 0 Å². The molecule has 1 aromatic carbocycles. The lowest BCUT2D eigenvalue weighted by Gasteiger charge is -2.21. The molecule has 0 spiro atoms. The summed E-state index contributed by atoms with van der Waals surface area (Å²) in [5.41, 5.74) is 1.24. The van der Waals surface area contributed by atoms with E-state index in [2.05, 4.69) is 15.1 Å². The molecule has 5 rings (SSSR count). The number of fused-ring (bicyclic) bond motifs is 1. The van der Waals surface area contributed by atoms with E-state index in [1.54, 1.807) is 23.1 Å². The van der Waals surface area contributed by atoms with E-state index in [1.807, 2.05) is 13.1 Å². The van der Waals surface area contributed by atoms with E-state index < -0.39 is 23.2 Å². The molecule has 0 radical (unpaired) electrons. The predicted octanol–water partition coefficient (Wildman–Crippen LogP) is 4.92. The molecule has 0 saturated heterocycles. The summed E-state index contributed by atoms with van der Waals surface area (Å²) in [7, 11) is 0. The number of aliphatic hydroxyl groups is 1. The summed E-state index contributed by atoms with van der Waals surface area (Å²) in [6.45, 7) is 2.24. The Morgan fingerprint density at radius 2 is 2.03 bits per heavy atom. The number of rotatable bonds is 7. The number of aromatic nitrogens is 5. The van der Waals surface area contributed by atoms with E-state index in [0.29, 0.717) is 29.7 Å². The van der Waals surface area contributed by atoms with Crippen LogP contribution < -0.4 is 10.5 Å². The first kappa shape index (κ1) is 23.8. The van der Waals surface area contributed by atoms with Crippen LogP contribution in [-0.4, -0.2) is 35.2 Å². The number of nitrogens with one attached hydrogen (secondary N) is 1. The SMILES string of the molecule is CCC(On1c(=O)[nH]c2ncc(-c3cnn(CC4(O)CCCC4)c3)cc21)c1c(Cl)ccc(F)c1Cl. The Hall–Kier alpha value is -2.88. The fraction of sp³-hybridized carbons (Fsp3) is 0.375. The minimum absolute atomic E-state index is 0.146. The molecule has 0 bridgehead atoms. The fourth-order valence-electron chi connectivity index (χ4n) is 4.62. The van der Waals surface area contributed by atoms with Crippen LogP contribution in [-0.2, 0) is 6.54 Å². The van der Waals surface area contributed by atoms with Gasteiger partial charge in [0.15, 0.2) is 11.8 Å². The molecule has 0 amide bonds. The van der Waals surface area contributed by atoms with Crippen LogP contribution in [0, 0.1) is 5.82 Å². The van der Waals surface area contributed by atoms with Gasteiger partial charge < -0.3 is 9.94 Å². The topological polar surface area (TPSA) is 98.0 Å². The van der Waals surface area contributed by atoms with Gasteiger partial charge in [0.1, 0.15) is 11.3 Å². The molecule has 1 saturated carbocycles. The summed E-state index contributed by atoms with van der Waals surface area (Å²) in [6.07, 6.45) is 8.33. The van der Waals surface area contributed by atoms with E-state index in [9.17, 15) is 14.3 Å². The zero-order chi connectivity index (χ0) is 24.7. The predicted molar refractivity (Wildman–Crippen MR) is 131 cm³/mol. The van der Waals surface area contributed by atoms with Gasteiger partial charge in [-0.05, 0) is 37.5 Å². The van der Waals surface area contributed by atoms with Crippen molar-refractivity contribution in [3.63, 3.8) is 0 Å². The zero-order valence-corrected chi connectivity index (χ0v) is 20.5. The van der Waals surface area contributed by atoms with E-state index >= 15 is 0 Å². The number of imidazole rings is 1. The second-order valence-electron chi connectivity index (χ2n) is 8.93. The Bertz CT molecular complexity index is 1440. The Kier molecular flexibility index (Phi) is 6.33. The summed E-state index contributed by atoms with van der Waals surface area (Å²) < 4.78 is 16.9. The summed E-state index contributed by atoms with van der Waals surface area (Å²) in [5.74, 6) is -0.623.